The summed E-state index contributed by atoms with van der Waals surface area (Å²) in [6.45, 7) is 4.26. The van der Waals surface area contributed by atoms with Crippen LogP contribution in [0.15, 0.2) is 24.3 Å². The summed E-state index contributed by atoms with van der Waals surface area (Å²) < 4.78 is 0. The van der Waals surface area contributed by atoms with Gasteiger partial charge in [-0.3, -0.25) is 4.79 Å². The van der Waals surface area contributed by atoms with E-state index in [1.54, 1.807) is 12.1 Å². The molecule has 3 nitrogen and oxygen atoms in total. The monoisotopic (exact) mass is 272 g/mol. The van der Waals surface area contributed by atoms with Crippen LogP contribution < -0.4 is 5.32 Å². The highest BCUT2D eigenvalue weighted by Crippen LogP contribution is 2.07. The van der Waals surface area contributed by atoms with Gasteiger partial charge < -0.3 is 5.32 Å². The Hall–Kier alpha value is -1.82. The van der Waals surface area contributed by atoms with E-state index in [0.29, 0.717) is 12.0 Å². The van der Waals surface area contributed by atoms with E-state index in [2.05, 4.69) is 25.2 Å². The number of nitrogens with zero attached hydrogens (tertiary/aromatic N) is 1. The topological polar surface area (TPSA) is 52.9 Å². The lowest BCUT2D eigenvalue weighted by Gasteiger charge is -2.13. The first-order valence-corrected chi connectivity index (χ1v) is 7.44. The molecule has 0 aliphatic heterocycles. The molecule has 1 aromatic carbocycles. The van der Waals surface area contributed by atoms with E-state index in [1.165, 1.54) is 25.7 Å². The number of carbonyl (C=O) groups is 1. The SMILES string of the molecule is CCCCCCC(C)NC(=O)Cc1ccc(C#N)cc1. The molecule has 0 spiro atoms. The highest BCUT2D eigenvalue weighted by molar-refractivity contribution is 5.78. The number of amides is 1. The maximum Gasteiger partial charge on any atom is 0.224 e. The van der Waals surface area contributed by atoms with Crippen molar-refractivity contribution in [1.82, 2.24) is 5.32 Å². The molecule has 1 atom stereocenters. The fraction of sp³-hybridized carbons (Fsp3) is 0.529. The van der Waals surface area contributed by atoms with Gasteiger partial charge >= 0.3 is 0 Å². The Bertz CT molecular complexity index is 445. The van der Waals surface area contributed by atoms with Crippen molar-refractivity contribution in [3.63, 3.8) is 0 Å². The van der Waals surface area contributed by atoms with E-state index in [1.807, 2.05) is 12.1 Å². The molecule has 0 radical (unpaired) electrons. The summed E-state index contributed by atoms with van der Waals surface area (Å²) in [5, 5.41) is 11.8. The smallest absolute Gasteiger partial charge is 0.224 e. The van der Waals surface area contributed by atoms with E-state index in [4.69, 9.17) is 5.26 Å². The molecule has 3 heteroatoms. The summed E-state index contributed by atoms with van der Waals surface area (Å²) >= 11 is 0. The van der Waals surface area contributed by atoms with E-state index in [0.717, 1.165) is 12.0 Å². The molecule has 108 valence electrons. The third-order valence-corrected chi connectivity index (χ3v) is 3.35. The van der Waals surface area contributed by atoms with Crippen molar-refractivity contribution in [1.29, 1.82) is 5.26 Å². The quantitative estimate of drug-likeness (QED) is 0.735. The van der Waals surface area contributed by atoms with Crippen molar-refractivity contribution in [2.45, 2.75) is 58.4 Å². The number of hydrogen-bond acceptors (Lipinski definition) is 2. The predicted octanol–water partition coefficient (Wildman–Crippen LogP) is 3.58. The van der Waals surface area contributed by atoms with Gasteiger partial charge in [0.25, 0.3) is 0 Å². The van der Waals surface area contributed by atoms with Gasteiger partial charge in [0.2, 0.25) is 5.91 Å². The molecule has 0 fully saturated rings. The number of benzene rings is 1. The summed E-state index contributed by atoms with van der Waals surface area (Å²) in [6.07, 6.45) is 6.34. The second kappa shape index (κ2) is 9.14. The zero-order chi connectivity index (χ0) is 14.8. The molecule has 1 rings (SSSR count). The van der Waals surface area contributed by atoms with Crippen LogP contribution in [0.25, 0.3) is 0 Å². The lowest BCUT2D eigenvalue weighted by Crippen LogP contribution is -2.33. The van der Waals surface area contributed by atoms with Gasteiger partial charge in [-0.1, -0.05) is 44.7 Å². The largest absolute Gasteiger partial charge is 0.353 e. The van der Waals surface area contributed by atoms with Crippen molar-refractivity contribution >= 4 is 5.91 Å². The standard InChI is InChI=1S/C17H24N2O/c1-3-4-5-6-7-14(2)19-17(20)12-15-8-10-16(13-18)11-9-15/h8-11,14H,3-7,12H2,1-2H3,(H,19,20). The highest BCUT2D eigenvalue weighted by Gasteiger charge is 2.08. The van der Waals surface area contributed by atoms with Gasteiger partial charge in [0.15, 0.2) is 0 Å². The lowest BCUT2D eigenvalue weighted by molar-refractivity contribution is -0.121. The van der Waals surface area contributed by atoms with Gasteiger partial charge in [0.05, 0.1) is 18.1 Å². The van der Waals surface area contributed by atoms with Crippen LogP contribution in [0.3, 0.4) is 0 Å². The van der Waals surface area contributed by atoms with Crippen molar-refractivity contribution in [2.24, 2.45) is 0 Å². The Labute approximate surface area is 122 Å². The van der Waals surface area contributed by atoms with Crippen LogP contribution in [0.2, 0.25) is 0 Å². The fourth-order valence-corrected chi connectivity index (χ4v) is 2.16. The molecule has 0 aliphatic carbocycles. The Morgan fingerprint density at radius 1 is 1.25 bits per heavy atom. The Morgan fingerprint density at radius 3 is 2.55 bits per heavy atom. The minimum atomic E-state index is 0.0534. The molecule has 0 aromatic heterocycles. The Morgan fingerprint density at radius 2 is 1.95 bits per heavy atom. The Kier molecular flexibility index (Phi) is 7.42. The molecule has 1 aromatic rings. The molecule has 0 heterocycles. The first kappa shape index (κ1) is 16.2. The van der Waals surface area contributed by atoms with E-state index < -0.39 is 0 Å². The first-order chi connectivity index (χ1) is 9.65. The van der Waals surface area contributed by atoms with Gasteiger partial charge in [-0.25, -0.2) is 0 Å². The van der Waals surface area contributed by atoms with Crippen molar-refractivity contribution < 1.29 is 4.79 Å². The molecule has 1 unspecified atom stereocenters. The summed E-state index contributed by atoms with van der Waals surface area (Å²) in [6, 6.07) is 9.47. The van der Waals surface area contributed by atoms with Crippen LogP contribution in [0.1, 0.15) is 57.1 Å². The summed E-state index contributed by atoms with van der Waals surface area (Å²) in [7, 11) is 0. The number of nitriles is 1. The average molecular weight is 272 g/mol. The zero-order valence-electron chi connectivity index (χ0n) is 12.5. The molecule has 0 aliphatic rings. The van der Waals surface area contributed by atoms with Gasteiger partial charge in [-0.2, -0.15) is 5.26 Å². The van der Waals surface area contributed by atoms with E-state index in [-0.39, 0.29) is 11.9 Å². The minimum absolute atomic E-state index is 0.0534. The van der Waals surface area contributed by atoms with Crippen molar-refractivity contribution in [3.05, 3.63) is 35.4 Å². The average Bonchev–Trinajstić information content (AvgIpc) is 2.44. The predicted molar refractivity (Wildman–Crippen MR) is 81.2 cm³/mol. The van der Waals surface area contributed by atoms with Gasteiger partial charge in [-0.15, -0.1) is 0 Å². The fourth-order valence-electron chi connectivity index (χ4n) is 2.16. The number of nitrogens with one attached hydrogen (secondary N) is 1. The molecule has 0 saturated carbocycles. The zero-order valence-corrected chi connectivity index (χ0v) is 12.5. The van der Waals surface area contributed by atoms with Gasteiger partial charge in [0.1, 0.15) is 0 Å². The van der Waals surface area contributed by atoms with Gasteiger partial charge in [-0.05, 0) is 31.0 Å². The summed E-state index contributed by atoms with van der Waals surface area (Å²) in [4.78, 5) is 11.9. The second-order valence-electron chi connectivity index (χ2n) is 5.30. The van der Waals surface area contributed by atoms with Crippen molar-refractivity contribution in [3.8, 4) is 6.07 Å². The van der Waals surface area contributed by atoms with Crippen LogP contribution in [-0.4, -0.2) is 11.9 Å². The number of rotatable bonds is 8. The van der Waals surface area contributed by atoms with Gasteiger partial charge in [0, 0.05) is 6.04 Å². The minimum Gasteiger partial charge on any atom is -0.353 e. The van der Waals surface area contributed by atoms with Crippen LogP contribution in [0.4, 0.5) is 0 Å². The lowest BCUT2D eigenvalue weighted by atomic mass is 10.1. The molecule has 0 saturated heterocycles. The number of carbonyl (C=O) groups excluding carboxylic acids is 1. The third kappa shape index (κ3) is 6.38. The van der Waals surface area contributed by atoms with Crippen LogP contribution >= 0.6 is 0 Å². The second-order valence-corrected chi connectivity index (χ2v) is 5.30. The molecular formula is C17H24N2O. The molecular weight excluding hydrogens is 248 g/mol. The van der Waals surface area contributed by atoms with E-state index >= 15 is 0 Å². The number of unbranched alkanes of at least 4 members (excludes halogenated alkanes) is 3. The van der Waals surface area contributed by atoms with E-state index in [9.17, 15) is 4.79 Å². The number of hydrogen-bond donors (Lipinski definition) is 1. The maximum atomic E-state index is 11.9. The molecule has 1 amide bonds. The first-order valence-electron chi connectivity index (χ1n) is 7.44. The summed E-state index contributed by atoms with van der Waals surface area (Å²) in [5.41, 5.74) is 1.57. The Balaban J connectivity index is 2.29. The normalized spacial score (nSPS) is 11.7. The maximum absolute atomic E-state index is 11.9. The third-order valence-electron chi connectivity index (χ3n) is 3.35. The van der Waals surface area contributed by atoms with Crippen molar-refractivity contribution in [2.75, 3.05) is 0 Å². The highest BCUT2D eigenvalue weighted by atomic mass is 16.1. The summed E-state index contributed by atoms with van der Waals surface area (Å²) in [5.74, 6) is 0.0534. The van der Waals surface area contributed by atoms with Crippen LogP contribution in [0.5, 0.6) is 0 Å². The molecule has 1 N–H and O–H groups in total. The van der Waals surface area contributed by atoms with Crippen LogP contribution in [-0.2, 0) is 11.2 Å². The van der Waals surface area contributed by atoms with Crippen LogP contribution in [0, 0.1) is 11.3 Å². The molecule has 20 heavy (non-hydrogen) atoms. The molecule has 0 bridgehead atoms.